The summed E-state index contributed by atoms with van der Waals surface area (Å²) in [4.78, 5) is 12.9. The average Bonchev–Trinajstić information content (AvgIpc) is 2.84. The van der Waals surface area contributed by atoms with Crippen molar-refractivity contribution in [3.05, 3.63) is 82.9 Å². The van der Waals surface area contributed by atoms with Crippen LogP contribution < -0.4 is 19.1 Å². The first kappa shape index (κ1) is 25.1. The Morgan fingerprint density at radius 3 is 2.18 bits per heavy atom. The number of rotatable bonds is 8. The molecule has 0 aliphatic rings. The third-order valence-corrected chi connectivity index (χ3v) is 7.54. The normalized spacial score (nSPS) is 12.1. The van der Waals surface area contributed by atoms with Gasteiger partial charge in [-0.05, 0) is 68.3 Å². The van der Waals surface area contributed by atoms with Gasteiger partial charge in [-0.15, -0.1) is 0 Å². The maximum Gasteiger partial charge on any atom is 0.264 e. The number of hydrogen-bond acceptors (Lipinski definition) is 5. The molecule has 0 aliphatic heterocycles. The first-order valence-corrected chi connectivity index (χ1v) is 12.2. The largest absolute Gasteiger partial charge is 0.493 e. The van der Waals surface area contributed by atoms with Gasteiger partial charge in [-0.25, -0.2) is 8.42 Å². The zero-order chi connectivity index (χ0) is 25.0. The number of aryl methyl sites for hydroxylation is 2. The number of sulfonamides is 1. The van der Waals surface area contributed by atoms with Crippen molar-refractivity contribution in [2.75, 3.05) is 25.6 Å². The van der Waals surface area contributed by atoms with Crippen LogP contribution in [0, 0.1) is 13.8 Å². The summed E-state index contributed by atoms with van der Waals surface area (Å²) >= 11 is 0. The summed E-state index contributed by atoms with van der Waals surface area (Å²) in [6, 6.07) is 16.8. The Morgan fingerprint density at radius 1 is 0.912 bits per heavy atom. The molecule has 0 bridgehead atoms. The van der Waals surface area contributed by atoms with E-state index in [1.807, 2.05) is 32.9 Å². The summed E-state index contributed by atoms with van der Waals surface area (Å²) in [7, 11) is 0.545. The van der Waals surface area contributed by atoms with Crippen molar-refractivity contribution < 1.29 is 22.7 Å². The van der Waals surface area contributed by atoms with Gasteiger partial charge in [-0.1, -0.05) is 23.8 Å². The SMILES string of the molecule is COc1ccc(S(=O)(=O)N(C)c2ccc(C(=O)NC(C)c3cc(C)ccc3C)cc2)cc1OC. The molecule has 3 aromatic carbocycles. The van der Waals surface area contributed by atoms with Gasteiger partial charge >= 0.3 is 0 Å². The van der Waals surface area contributed by atoms with E-state index in [0.717, 1.165) is 21.0 Å². The van der Waals surface area contributed by atoms with Crippen LogP contribution in [-0.2, 0) is 10.0 Å². The standard InChI is InChI=1S/C26H30N2O5S/c1-17-7-8-18(2)23(15-17)19(3)27-26(29)20-9-11-21(12-10-20)28(4)34(30,31)22-13-14-24(32-5)25(16-22)33-6/h7-16,19H,1-6H3,(H,27,29). The second-order valence-electron chi connectivity index (χ2n) is 8.09. The highest BCUT2D eigenvalue weighted by Gasteiger charge is 2.23. The van der Waals surface area contributed by atoms with Gasteiger partial charge in [0.25, 0.3) is 15.9 Å². The Bertz CT molecular complexity index is 1290. The summed E-state index contributed by atoms with van der Waals surface area (Å²) < 4.78 is 37.8. The lowest BCUT2D eigenvalue weighted by atomic mass is 9.99. The molecule has 1 unspecified atom stereocenters. The topological polar surface area (TPSA) is 84.9 Å². The molecule has 0 radical (unpaired) electrons. The fraction of sp³-hybridized carbons (Fsp3) is 0.269. The van der Waals surface area contributed by atoms with Crippen molar-refractivity contribution in [2.45, 2.75) is 31.7 Å². The van der Waals surface area contributed by atoms with Crippen LogP contribution in [0.15, 0.2) is 65.6 Å². The molecule has 0 aromatic heterocycles. The lowest BCUT2D eigenvalue weighted by Gasteiger charge is -2.21. The van der Waals surface area contributed by atoms with Gasteiger partial charge in [-0.2, -0.15) is 0 Å². The van der Waals surface area contributed by atoms with Gasteiger partial charge < -0.3 is 14.8 Å². The minimum absolute atomic E-state index is 0.0665. The van der Waals surface area contributed by atoms with Gasteiger partial charge in [0.15, 0.2) is 11.5 Å². The number of benzene rings is 3. The van der Waals surface area contributed by atoms with Crippen LogP contribution in [0.3, 0.4) is 0 Å². The number of hydrogen-bond donors (Lipinski definition) is 1. The van der Waals surface area contributed by atoms with Crippen molar-refractivity contribution in [2.24, 2.45) is 0 Å². The summed E-state index contributed by atoms with van der Waals surface area (Å²) in [5.74, 6) is 0.530. The van der Waals surface area contributed by atoms with Crippen LogP contribution in [-0.4, -0.2) is 35.6 Å². The summed E-state index contributed by atoms with van der Waals surface area (Å²) in [5, 5.41) is 3.01. The fourth-order valence-corrected chi connectivity index (χ4v) is 4.89. The summed E-state index contributed by atoms with van der Waals surface area (Å²) in [6.45, 7) is 5.97. The van der Waals surface area contributed by atoms with Crippen molar-refractivity contribution in [3.63, 3.8) is 0 Å². The smallest absolute Gasteiger partial charge is 0.264 e. The molecule has 0 fully saturated rings. The maximum absolute atomic E-state index is 13.1. The summed E-state index contributed by atoms with van der Waals surface area (Å²) in [6.07, 6.45) is 0. The lowest BCUT2D eigenvalue weighted by molar-refractivity contribution is 0.0940. The van der Waals surface area contributed by atoms with Gasteiger partial charge in [0.1, 0.15) is 0 Å². The molecule has 0 aliphatic carbocycles. The van der Waals surface area contributed by atoms with Gasteiger partial charge in [-0.3, -0.25) is 9.10 Å². The number of nitrogens with one attached hydrogen (secondary N) is 1. The highest BCUT2D eigenvalue weighted by Crippen LogP contribution is 2.31. The van der Waals surface area contributed by atoms with E-state index in [2.05, 4.69) is 11.4 Å². The number of carbonyl (C=O) groups excluding carboxylic acids is 1. The van der Waals surface area contributed by atoms with Crippen LogP contribution in [0.4, 0.5) is 5.69 Å². The molecule has 34 heavy (non-hydrogen) atoms. The Hall–Kier alpha value is -3.52. The van der Waals surface area contributed by atoms with Crippen molar-refractivity contribution in [1.82, 2.24) is 5.32 Å². The lowest BCUT2D eigenvalue weighted by Crippen LogP contribution is -2.28. The molecule has 8 heteroatoms. The van der Waals surface area contributed by atoms with E-state index in [-0.39, 0.29) is 16.8 Å². The number of anilines is 1. The number of nitrogens with zero attached hydrogens (tertiary/aromatic N) is 1. The van der Waals surface area contributed by atoms with Crippen molar-refractivity contribution in [1.29, 1.82) is 0 Å². The van der Waals surface area contributed by atoms with Crippen LogP contribution >= 0.6 is 0 Å². The van der Waals surface area contributed by atoms with Gasteiger partial charge in [0.05, 0.1) is 30.8 Å². The molecule has 0 spiro atoms. The van der Waals surface area contributed by atoms with Crippen molar-refractivity contribution in [3.8, 4) is 11.5 Å². The third kappa shape index (κ3) is 5.17. The van der Waals surface area contributed by atoms with Crippen molar-refractivity contribution >= 4 is 21.6 Å². The monoisotopic (exact) mass is 482 g/mol. The van der Waals surface area contributed by atoms with Gasteiger partial charge in [0, 0.05) is 18.7 Å². The van der Waals surface area contributed by atoms with Crippen LogP contribution in [0.1, 0.15) is 40.0 Å². The first-order valence-electron chi connectivity index (χ1n) is 10.8. The van der Waals surface area contributed by atoms with E-state index in [1.54, 1.807) is 30.3 Å². The fourth-order valence-electron chi connectivity index (χ4n) is 3.68. The zero-order valence-electron chi connectivity index (χ0n) is 20.2. The highest BCUT2D eigenvalue weighted by atomic mass is 32.2. The second kappa shape index (κ2) is 10.2. The second-order valence-corrected chi connectivity index (χ2v) is 10.1. The van der Waals surface area contributed by atoms with E-state index < -0.39 is 10.0 Å². The molecule has 1 atom stereocenters. The predicted molar refractivity (Wildman–Crippen MR) is 133 cm³/mol. The Labute approximate surface area is 201 Å². The number of carbonyl (C=O) groups is 1. The quantitative estimate of drug-likeness (QED) is 0.506. The molecule has 3 rings (SSSR count). The molecule has 1 amide bonds. The molecule has 180 valence electrons. The number of amides is 1. The van der Waals surface area contributed by atoms with E-state index in [9.17, 15) is 13.2 Å². The van der Waals surface area contributed by atoms with E-state index in [0.29, 0.717) is 22.7 Å². The molecule has 3 aromatic rings. The zero-order valence-corrected chi connectivity index (χ0v) is 21.1. The van der Waals surface area contributed by atoms with E-state index in [1.165, 1.54) is 33.4 Å². The Balaban J connectivity index is 1.78. The molecule has 0 saturated carbocycles. The minimum atomic E-state index is -3.85. The van der Waals surface area contributed by atoms with Crippen LogP contribution in [0.2, 0.25) is 0 Å². The molecular weight excluding hydrogens is 452 g/mol. The molecule has 0 heterocycles. The van der Waals surface area contributed by atoms with E-state index >= 15 is 0 Å². The number of methoxy groups -OCH3 is 2. The number of ether oxygens (including phenoxy) is 2. The third-order valence-electron chi connectivity index (χ3n) is 5.76. The van der Waals surface area contributed by atoms with E-state index in [4.69, 9.17) is 9.47 Å². The maximum atomic E-state index is 13.1. The Morgan fingerprint density at radius 2 is 1.56 bits per heavy atom. The van der Waals surface area contributed by atoms with Crippen LogP contribution in [0.25, 0.3) is 0 Å². The van der Waals surface area contributed by atoms with Gasteiger partial charge in [0.2, 0.25) is 0 Å². The first-order chi connectivity index (χ1) is 16.1. The molecule has 0 saturated heterocycles. The average molecular weight is 483 g/mol. The molecular formula is C26H30N2O5S. The summed E-state index contributed by atoms with van der Waals surface area (Å²) in [5.41, 5.74) is 4.16. The van der Waals surface area contributed by atoms with Crippen LogP contribution in [0.5, 0.6) is 11.5 Å². The minimum Gasteiger partial charge on any atom is -0.493 e. The Kier molecular flexibility index (Phi) is 7.51. The molecule has 1 N–H and O–H groups in total. The predicted octanol–water partition coefficient (Wildman–Crippen LogP) is 4.64. The molecule has 7 nitrogen and oxygen atoms in total. The highest BCUT2D eigenvalue weighted by molar-refractivity contribution is 7.92.